The van der Waals surface area contributed by atoms with Crippen LogP contribution in [0.25, 0.3) is 0 Å². The summed E-state index contributed by atoms with van der Waals surface area (Å²) in [4.78, 5) is 4.41. The number of benzene rings is 3. The van der Waals surface area contributed by atoms with Gasteiger partial charge in [0.2, 0.25) is 0 Å². The Kier molecular flexibility index (Phi) is 9.96. The molecule has 30 heavy (non-hydrogen) atoms. The Labute approximate surface area is 194 Å². The van der Waals surface area contributed by atoms with E-state index in [4.69, 9.17) is 15.2 Å². The summed E-state index contributed by atoms with van der Waals surface area (Å²) in [6.07, 6.45) is 0. The van der Waals surface area contributed by atoms with Crippen LogP contribution in [0.4, 0.5) is 11.4 Å². The van der Waals surface area contributed by atoms with E-state index in [1.54, 1.807) is 7.11 Å². The molecule has 0 radical (unpaired) electrons. The van der Waals surface area contributed by atoms with Gasteiger partial charge in [0.15, 0.2) is 5.96 Å². The van der Waals surface area contributed by atoms with Crippen molar-refractivity contribution in [2.75, 3.05) is 30.9 Å². The number of aliphatic imine (C=N–C) groups is 1. The lowest BCUT2D eigenvalue weighted by Gasteiger charge is -2.09. The first-order chi connectivity index (χ1) is 14.2. The summed E-state index contributed by atoms with van der Waals surface area (Å²) in [6, 6.07) is 25.3. The maximum absolute atomic E-state index is 6.04. The average molecular weight is 518 g/mol. The predicted molar refractivity (Wildman–Crippen MR) is 134 cm³/mol. The highest BCUT2D eigenvalue weighted by Crippen LogP contribution is 2.23. The standard InChI is InChI=1S/C23H26N4O2.HI/c1-28-15-14-25-19-12-10-18(11-13-19)17-26-23(24)27-20-6-5-9-22(16-20)29-21-7-3-2-4-8-21;/h2-13,16,25H,14-15,17H2,1H3,(H3,24,26,27);1H. The maximum atomic E-state index is 6.04. The molecule has 3 rings (SSSR count). The number of hydrogen-bond acceptors (Lipinski definition) is 4. The second kappa shape index (κ2) is 12.7. The van der Waals surface area contributed by atoms with Gasteiger partial charge in [-0.1, -0.05) is 36.4 Å². The van der Waals surface area contributed by atoms with E-state index < -0.39 is 0 Å². The number of para-hydroxylation sites is 1. The number of nitrogens with one attached hydrogen (secondary N) is 2. The third-order valence-corrected chi connectivity index (χ3v) is 4.11. The van der Waals surface area contributed by atoms with Gasteiger partial charge in [-0.15, -0.1) is 24.0 Å². The Balaban J connectivity index is 0.00000320. The molecule has 6 nitrogen and oxygen atoms in total. The van der Waals surface area contributed by atoms with Crippen LogP contribution >= 0.6 is 24.0 Å². The fraction of sp³-hybridized carbons (Fsp3) is 0.174. The lowest BCUT2D eigenvalue weighted by atomic mass is 10.2. The zero-order valence-corrected chi connectivity index (χ0v) is 19.2. The first-order valence-electron chi connectivity index (χ1n) is 9.44. The summed E-state index contributed by atoms with van der Waals surface area (Å²) in [6.45, 7) is 1.95. The molecule has 0 aliphatic rings. The van der Waals surface area contributed by atoms with Crippen LogP contribution in [0.1, 0.15) is 5.56 Å². The smallest absolute Gasteiger partial charge is 0.193 e. The van der Waals surface area contributed by atoms with Gasteiger partial charge in [0.25, 0.3) is 0 Å². The van der Waals surface area contributed by atoms with E-state index in [0.717, 1.165) is 35.0 Å². The van der Waals surface area contributed by atoms with E-state index in [-0.39, 0.29) is 24.0 Å². The third kappa shape index (κ3) is 7.92. The fourth-order valence-corrected chi connectivity index (χ4v) is 2.65. The molecule has 0 unspecified atom stereocenters. The lowest BCUT2D eigenvalue weighted by Crippen LogP contribution is -2.22. The first-order valence-corrected chi connectivity index (χ1v) is 9.44. The highest BCUT2D eigenvalue weighted by atomic mass is 127. The summed E-state index contributed by atoms with van der Waals surface area (Å²) in [5.41, 5.74) is 8.98. The molecule has 0 saturated heterocycles. The van der Waals surface area contributed by atoms with Gasteiger partial charge >= 0.3 is 0 Å². The molecule has 4 N–H and O–H groups in total. The van der Waals surface area contributed by atoms with E-state index in [0.29, 0.717) is 19.1 Å². The fourth-order valence-electron chi connectivity index (χ4n) is 2.65. The Morgan fingerprint density at radius 1 is 0.900 bits per heavy atom. The molecule has 0 saturated carbocycles. The van der Waals surface area contributed by atoms with Crippen LogP contribution in [0.3, 0.4) is 0 Å². The van der Waals surface area contributed by atoms with Crippen molar-refractivity contribution in [3.8, 4) is 11.5 Å². The summed E-state index contributed by atoms with van der Waals surface area (Å²) in [7, 11) is 1.69. The topological polar surface area (TPSA) is 80.9 Å². The summed E-state index contributed by atoms with van der Waals surface area (Å²) < 4.78 is 10.9. The number of ether oxygens (including phenoxy) is 2. The van der Waals surface area contributed by atoms with E-state index >= 15 is 0 Å². The van der Waals surface area contributed by atoms with Gasteiger partial charge in [0.1, 0.15) is 11.5 Å². The molecule has 0 aromatic heterocycles. The number of nitrogens with two attached hydrogens (primary N) is 1. The minimum atomic E-state index is 0. The van der Waals surface area contributed by atoms with Gasteiger partial charge < -0.3 is 25.8 Å². The third-order valence-electron chi connectivity index (χ3n) is 4.11. The van der Waals surface area contributed by atoms with Crippen LogP contribution in [0, 0.1) is 0 Å². The highest BCUT2D eigenvalue weighted by molar-refractivity contribution is 14.0. The zero-order chi connectivity index (χ0) is 20.3. The normalized spacial score (nSPS) is 10.8. The van der Waals surface area contributed by atoms with Gasteiger partial charge in [0.05, 0.1) is 13.2 Å². The molecule has 0 aliphatic heterocycles. The molecular formula is C23H27IN4O2. The number of anilines is 2. The molecule has 0 amide bonds. The van der Waals surface area contributed by atoms with Crippen molar-refractivity contribution < 1.29 is 9.47 Å². The number of rotatable bonds is 9. The van der Waals surface area contributed by atoms with Gasteiger partial charge in [-0.25, -0.2) is 4.99 Å². The van der Waals surface area contributed by atoms with Crippen molar-refractivity contribution in [2.45, 2.75) is 6.54 Å². The number of nitrogens with zero attached hydrogens (tertiary/aromatic N) is 1. The zero-order valence-electron chi connectivity index (χ0n) is 16.9. The van der Waals surface area contributed by atoms with Crippen LogP contribution in [0.2, 0.25) is 0 Å². The molecular weight excluding hydrogens is 491 g/mol. The summed E-state index contributed by atoms with van der Waals surface area (Å²) in [5, 5.41) is 6.39. The van der Waals surface area contributed by atoms with Crippen molar-refractivity contribution in [3.05, 3.63) is 84.4 Å². The molecule has 0 fully saturated rings. The molecule has 0 aliphatic carbocycles. The Hall–Kier alpha value is -2.78. The van der Waals surface area contributed by atoms with Crippen molar-refractivity contribution in [1.82, 2.24) is 0 Å². The molecule has 7 heteroatoms. The Morgan fingerprint density at radius 3 is 2.37 bits per heavy atom. The summed E-state index contributed by atoms with van der Waals surface area (Å²) in [5.74, 6) is 1.86. The molecule has 158 valence electrons. The minimum Gasteiger partial charge on any atom is -0.457 e. The molecule has 3 aromatic rings. The van der Waals surface area contributed by atoms with Crippen LogP contribution in [-0.4, -0.2) is 26.2 Å². The van der Waals surface area contributed by atoms with Crippen molar-refractivity contribution >= 4 is 41.3 Å². The van der Waals surface area contributed by atoms with Gasteiger partial charge in [-0.3, -0.25) is 0 Å². The van der Waals surface area contributed by atoms with Crippen LogP contribution in [0.15, 0.2) is 83.9 Å². The van der Waals surface area contributed by atoms with Crippen molar-refractivity contribution in [1.29, 1.82) is 0 Å². The minimum absolute atomic E-state index is 0. The van der Waals surface area contributed by atoms with E-state index in [1.807, 2.05) is 78.9 Å². The first kappa shape index (κ1) is 23.5. The van der Waals surface area contributed by atoms with Crippen molar-refractivity contribution in [3.63, 3.8) is 0 Å². The molecule has 0 bridgehead atoms. The second-order valence-corrected chi connectivity index (χ2v) is 6.39. The van der Waals surface area contributed by atoms with E-state index in [9.17, 15) is 0 Å². The number of guanidine groups is 1. The lowest BCUT2D eigenvalue weighted by molar-refractivity contribution is 0.211. The molecule has 3 aromatic carbocycles. The maximum Gasteiger partial charge on any atom is 0.193 e. The van der Waals surface area contributed by atoms with Crippen LogP contribution in [0.5, 0.6) is 11.5 Å². The molecule has 0 heterocycles. The highest BCUT2D eigenvalue weighted by Gasteiger charge is 2.01. The average Bonchev–Trinajstić information content (AvgIpc) is 2.74. The Morgan fingerprint density at radius 2 is 1.63 bits per heavy atom. The van der Waals surface area contributed by atoms with Crippen LogP contribution in [-0.2, 0) is 11.3 Å². The van der Waals surface area contributed by atoms with Gasteiger partial charge in [-0.05, 0) is 42.0 Å². The number of halogens is 1. The number of methoxy groups -OCH3 is 1. The number of hydrogen-bond donors (Lipinski definition) is 3. The molecule has 0 atom stereocenters. The van der Waals surface area contributed by atoms with E-state index in [2.05, 4.69) is 15.6 Å². The van der Waals surface area contributed by atoms with Crippen LogP contribution < -0.4 is 21.1 Å². The second-order valence-electron chi connectivity index (χ2n) is 6.39. The van der Waals surface area contributed by atoms with Gasteiger partial charge in [-0.2, -0.15) is 0 Å². The molecule has 0 spiro atoms. The Bertz CT molecular complexity index is 918. The largest absolute Gasteiger partial charge is 0.457 e. The SMILES string of the molecule is COCCNc1ccc(CN=C(N)Nc2cccc(Oc3ccccc3)c2)cc1.I. The van der Waals surface area contributed by atoms with Gasteiger partial charge in [0, 0.05) is 31.1 Å². The summed E-state index contributed by atoms with van der Waals surface area (Å²) >= 11 is 0. The quantitative estimate of drug-likeness (QED) is 0.159. The predicted octanol–water partition coefficient (Wildman–Crippen LogP) is 5.08. The van der Waals surface area contributed by atoms with E-state index in [1.165, 1.54) is 0 Å². The monoisotopic (exact) mass is 518 g/mol. The van der Waals surface area contributed by atoms with Crippen molar-refractivity contribution in [2.24, 2.45) is 10.7 Å².